The molecule has 0 spiro atoms. The van der Waals surface area contributed by atoms with E-state index in [0.29, 0.717) is 18.3 Å². The van der Waals surface area contributed by atoms with Gasteiger partial charge in [-0.3, -0.25) is 4.79 Å². The van der Waals surface area contributed by atoms with Crippen molar-refractivity contribution in [3.63, 3.8) is 0 Å². The van der Waals surface area contributed by atoms with Gasteiger partial charge < -0.3 is 9.88 Å². The fraction of sp³-hybridized carbons (Fsp3) is 0.571. The molecule has 18 heavy (non-hydrogen) atoms. The van der Waals surface area contributed by atoms with Crippen LogP contribution < -0.4 is 10.9 Å². The normalized spacial score (nSPS) is 12.2. The molecule has 0 bridgehead atoms. The van der Waals surface area contributed by atoms with E-state index in [1.807, 2.05) is 0 Å². The summed E-state index contributed by atoms with van der Waals surface area (Å²) >= 11 is 0. The highest BCUT2D eigenvalue weighted by Crippen LogP contribution is 2.03. The van der Waals surface area contributed by atoms with E-state index in [1.165, 1.54) is 0 Å². The summed E-state index contributed by atoms with van der Waals surface area (Å²) in [6, 6.07) is -0.134. The number of terminal acetylenes is 1. The summed E-state index contributed by atoms with van der Waals surface area (Å²) in [5.41, 5.74) is -0.109. The smallest absolute Gasteiger partial charge is 0.293 e. The van der Waals surface area contributed by atoms with Gasteiger partial charge in [0.1, 0.15) is 0 Å². The highest BCUT2D eigenvalue weighted by Gasteiger charge is 2.10. The van der Waals surface area contributed by atoms with Crippen molar-refractivity contribution in [1.29, 1.82) is 0 Å². The Labute approximate surface area is 108 Å². The molecule has 4 nitrogen and oxygen atoms in total. The zero-order chi connectivity index (χ0) is 13.5. The van der Waals surface area contributed by atoms with Crippen LogP contribution in [-0.4, -0.2) is 15.6 Å². The van der Waals surface area contributed by atoms with Crippen LogP contribution in [0, 0.1) is 18.3 Å². The lowest BCUT2D eigenvalue weighted by Gasteiger charge is -2.14. The van der Waals surface area contributed by atoms with Crippen LogP contribution in [0.5, 0.6) is 0 Å². The predicted molar refractivity (Wildman–Crippen MR) is 74.5 cm³/mol. The summed E-state index contributed by atoms with van der Waals surface area (Å²) in [6.07, 6.45) is 10.6. The summed E-state index contributed by atoms with van der Waals surface area (Å²) in [6.45, 7) is 6.88. The van der Waals surface area contributed by atoms with Crippen LogP contribution in [0.1, 0.15) is 33.6 Å². The van der Waals surface area contributed by atoms with Crippen LogP contribution in [0.2, 0.25) is 0 Å². The fourth-order valence-corrected chi connectivity index (χ4v) is 1.73. The van der Waals surface area contributed by atoms with E-state index in [9.17, 15) is 4.79 Å². The van der Waals surface area contributed by atoms with Gasteiger partial charge in [-0.25, -0.2) is 4.98 Å². The van der Waals surface area contributed by atoms with E-state index < -0.39 is 0 Å². The maximum Gasteiger partial charge on any atom is 0.293 e. The molecular weight excluding hydrogens is 226 g/mol. The quantitative estimate of drug-likeness (QED) is 0.783. The van der Waals surface area contributed by atoms with Gasteiger partial charge in [0.2, 0.25) is 0 Å². The third-order valence-electron chi connectivity index (χ3n) is 2.57. The van der Waals surface area contributed by atoms with Crippen molar-refractivity contribution in [1.82, 2.24) is 9.55 Å². The van der Waals surface area contributed by atoms with Gasteiger partial charge in [0.15, 0.2) is 5.82 Å². The molecule has 1 rings (SSSR count). The Morgan fingerprint density at radius 2 is 2.28 bits per heavy atom. The Kier molecular flexibility index (Phi) is 5.44. The monoisotopic (exact) mass is 247 g/mol. The molecule has 0 aliphatic heterocycles. The minimum absolute atomic E-state index is 0.109. The highest BCUT2D eigenvalue weighted by atomic mass is 16.1. The van der Waals surface area contributed by atoms with Crippen molar-refractivity contribution in [3.8, 4) is 12.3 Å². The SMILES string of the molecule is C#CC(CCC)Nc1nccn(CC(C)C)c1=O. The summed E-state index contributed by atoms with van der Waals surface area (Å²) in [5, 5.41) is 3.03. The molecule has 0 aliphatic rings. The highest BCUT2D eigenvalue weighted by molar-refractivity contribution is 5.35. The average molecular weight is 247 g/mol. The minimum atomic E-state index is -0.134. The largest absolute Gasteiger partial charge is 0.352 e. The molecule has 0 saturated heterocycles. The van der Waals surface area contributed by atoms with Crippen molar-refractivity contribution in [2.24, 2.45) is 5.92 Å². The Hall–Kier alpha value is -1.76. The van der Waals surface area contributed by atoms with E-state index in [4.69, 9.17) is 6.42 Å². The number of hydrogen-bond donors (Lipinski definition) is 1. The van der Waals surface area contributed by atoms with Gasteiger partial charge in [0.05, 0.1) is 6.04 Å². The minimum Gasteiger partial charge on any atom is -0.352 e. The molecule has 1 aromatic rings. The first-order valence-electron chi connectivity index (χ1n) is 6.36. The first kappa shape index (κ1) is 14.3. The molecule has 1 aromatic heterocycles. The van der Waals surface area contributed by atoms with Crippen molar-refractivity contribution in [3.05, 3.63) is 22.7 Å². The molecule has 98 valence electrons. The zero-order valence-corrected chi connectivity index (χ0v) is 11.3. The number of nitrogens with one attached hydrogen (secondary N) is 1. The lowest BCUT2D eigenvalue weighted by Crippen LogP contribution is -2.29. The molecule has 0 amide bonds. The molecular formula is C14H21N3O. The third kappa shape index (κ3) is 3.92. The third-order valence-corrected chi connectivity index (χ3v) is 2.57. The topological polar surface area (TPSA) is 46.9 Å². The van der Waals surface area contributed by atoms with Crippen molar-refractivity contribution in [2.45, 2.75) is 46.2 Å². The Morgan fingerprint density at radius 3 is 2.83 bits per heavy atom. The summed E-state index contributed by atoms with van der Waals surface area (Å²) in [7, 11) is 0. The van der Waals surface area contributed by atoms with Gasteiger partial charge in [0.25, 0.3) is 5.56 Å². The molecule has 0 aliphatic carbocycles. The Morgan fingerprint density at radius 1 is 1.56 bits per heavy atom. The fourth-order valence-electron chi connectivity index (χ4n) is 1.73. The number of anilines is 1. The van der Waals surface area contributed by atoms with E-state index >= 15 is 0 Å². The van der Waals surface area contributed by atoms with Gasteiger partial charge >= 0.3 is 0 Å². The maximum absolute atomic E-state index is 12.1. The molecule has 1 N–H and O–H groups in total. The van der Waals surface area contributed by atoms with Gasteiger partial charge in [0, 0.05) is 18.9 Å². The molecule has 1 unspecified atom stereocenters. The average Bonchev–Trinajstić information content (AvgIpc) is 2.32. The first-order valence-corrected chi connectivity index (χ1v) is 6.36. The number of rotatable bonds is 6. The van der Waals surface area contributed by atoms with Crippen LogP contribution in [0.4, 0.5) is 5.82 Å². The van der Waals surface area contributed by atoms with E-state index in [0.717, 1.165) is 12.8 Å². The van der Waals surface area contributed by atoms with Crippen LogP contribution in [0.15, 0.2) is 17.2 Å². The van der Waals surface area contributed by atoms with Gasteiger partial charge in [-0.2, -0.15) is 0 Å². The maximum atomic E-state index is 12.1. The first-order chi connectivity index (χ1) is 8.58. The van der Waals surface area contributed by atoms with Crippen LogP contribution in [-0.2, 0) is 6.54 Å². The lowest BCUT2D eigenvalue weighted by molar-refractivity contribution is 0.509. The summed E-state index contributed by atoms with van der Waals surface area (Å²) < 4.78 is 1.67. The summed E-state index contributed by atoms with van der Waals surface area (Å²) in [5.74, 6) is 3.40. The van der Waals surface area contributed by atoms with E-state index in [1.54, 1.807) is 17.0 Å². The molecule has 0 fully saturated rings. The molecule has 0 aromatic carbocycles. The van der Waals surface area contributed by atoms with Crippen molar-refractivity contribution >= 4 is 5.82 Å². The molecule has 1 heterocycles. The van der Waals surface area contributed by atoms with Gasteiger partial charge in [-0.05, 0) is 12.3 Å². The summed E-state index contributed by atoms with van der Waals surface area (Å²) in [4.78, 5) is 16.2. The van der Waals surface area contributed by atoms with E-state index in [2.05, 4.69) is 37.0 Å². The standard InChI is InChI=1S/C14H21N3O/c1-5-7-12(6-2)16-13-14(18)17(9-8-15-13)10-11(3)4/h2,8-9,11-12H,5,7,10H2,1,3-4H3,(H,15,16). The second kappa shape index (κ2) is 6.85. The van der Waals surface area contributed by atoms with Crippen molar-refractivity contribution < 1.29 is 0 Å². The van der Waals surface area contributed by atoms with Crippen LogP contribution in [0.3, 0.4) is 0 Å². The van der Waals surface area contributed by atoms with Crippen LogP contribution in [0.25, 0.3) is 0 Å². The van der Waals surface area contributed by atoms with Gasteiger partial charge in [-0.1, -0.05) is 33.1 Å². The molecule has 1 atom stereocenters. The number of nitrogens with zero attached hydrogens (tertiary/aromatic N) is 2. The number of aromatic nitrogens is 2. The molecule has 4 heteroatoms. The second-order valence-corrected chi connectivity index (χ2v) is 4.78. The lowest BCUT2D eigenvalue weighted by atomic mass is 10.2. The molecule has 0 radical (unpaired) electrons. The Balaban J connectivity index is 2.90. The van der Waals surface area contributed by atoms with Crippen molar-refractivity contribution in [2.75, 3.05) is 5.32 Å². The second-order valence-electron chi connectivity index (χ2n) is 4.78. The molecule has 0 saturated carbocycles. The predicted octanol–water partition coefficient (Wildman–Crippen LogP) is 2.11. The van der Waals surface area contributed by atoms with Gasteiger partial charge in [-0.15, -0.1) is 6.42 Å². The Bertz CT molecular complexity index is 471. The van der Waals surface area contributed by atoms with E-state index in [-0.39, 0.29) is 11.6 Å². The van der Waals surface area contributed by atoms with Crippen LogP contribution >= 0.6 is 0 Å². The number of hydrogen-bond acceptors (Lipinski definition) is 3. The zero-order valence-electron chi connectivity index (χ0n) is 11.3.